The molecule has 1 unspecified atom stereocenters. The monoisotopic (exact) mass is 295 g/mol. The predicted octanol–water partition coefficient (Wildman–Crippen LogP) is 2.30. The molecule has 1 aromatic heterocycles. The molecule has 1 aliphatic rings. The van der Waals surface area contributed by atoms with Gasteiger partial charge in [0.15, 0.2) is 0 Å². The summed E-state index contributed by atoms with van der Waals surface area (Å²) >= 11 is 1.68. The molecule has 1 atom stereocenters. The van der Waals surface area contributed by atoms with E-state index in [0.717, 1.165) is 25.9 Å². The van der Waals surface area contributed by atoms with Crippen LogP contribution in [-0.2, 0) is 4.79 Å². The van der Waals surface area contributed by atoms with Crippen LogP contribution in [0, 0.1) is 0 Å². The van der Waals surface area contributed by atoms with E-state index < -0.39 is 0 Å². The molecular formula is C15H25N3OS. The van der Waals surface area contributed by atoms with Gasteiger partial charge in [-0.1, -0.05) is 0 Å². The van der Waals surface area contributed by atoms with Crippen LogP contribution in [0.4, 0.5) is 0 Å². The van der Waals surface area contributed by atoms with Crippen molar-refractivity contribution in [1.82, 2.24) is 15.1 Å². The van der Waals surface area contributed by atoms with E-state index >= 15 is 0 Å². The first-order valence-corrected chi connectivity index (χ1v) is 8.29. The Labute approximate surface area is 125 Å². The Bertz CT molecular complexity index is 419. The molecule has 5 heteroatoms. The summed E-state index contributed by atoms with van der Waals surface area (Å²) < 4.78 is 0. The number of nitrogens with zero attached hydrogens (tertiary/aromatic N) is 2. The highest BCUT2D eigenvalue weighted by molar-refractivity contribution is 7.07. The summed E-state index contributed by atoms with van der Waals surface area (Å²) in [4.78, 5) is 16.3. The zero-order valence-electron chi connectivity index (χ0n) is 12.6. The standard InChI is InChI=1S/C15H25N3OS/c1-12(2)17(3)7-4-5-8-18-14(19)10-16-15(18)13-6-9-20-11-13/h6,9,11-12,15-16H,4-5,7-8,10H2,1-3H3. The van der Waals surface area contributed by atoms with E-state index in [4.69, 9.17) is 0 Å². The van der Waals surface area contributed by atoms with Gasteiger partial charge < -0.3 is 9.80 Å². The van der Waals surface area contributed by atoms with Gasteiger partial charge in [-0.15, -0.1) is 0 Å². The van der Waals surface area contributed by atoms with Crippen molar-refractivity contribution in [2.45, 2.75) is 38.9 Å². The van der Waals surface area contributed by atoms with Crippen molar-refractivity contribution < 1.29 is 4.79 Å². The fourth-order valence-electron chi connectivity index (χ4n) is 2.42. The third kappa shape index (κ3) is 3.81. The molecule has 20 heavy (non-hydrogen) atoms. The van der Waals surface area contributed by atoms with Crippen LogP contribution in [0.25, 0.3) is 0 Å². The highest BCUT2D eigenvalue weighted by Gasteiger charge is 2.31. The maximum Gasteiger partial charge on any atom is 0.238 e. The third-order valence-electron chi connectivity index (χ3n) is 3.98. The quantitative estimate of drug-likeness (QED) is 0.784. The second kappa shape index (κ2) is 7.20. The minimum atomic E-state index is 0.0802. The minimum Gasteiger partial charge on any atom is -0.322 e. The third-order valence-corrected chi connectivity index (χ3v) is 4.68. The molecule has 1 N–H and O–H groups in total. The van der Waals surface area contributed by atoms with Gasteiger partial charge in [0, 0.05) is 12.6 Å². The zero-order chi connectivity index (χ0) is 14.5. The lowest BCUT2D eigenvalue weighted by molar-refractivity contribution is -0.128. The first kappa shape index (κ1) is 15.5. The summed E-state index contributed by atoms with van der Waals surface area (Å²) in [5, 5.41) is 7.49. The Morgan fingerprint density at radius 1 is 1.50 bits per heavy atom. The first-order valence-electron chi connectivity index (χ1n) is 7.35. The maximum absolute atomic E-state index is 12.0. The number of rotatable bonds is 7. The van der Waals surface area contributed by atoms with E-state index in [2.05, 4.69) is 47.9 Å². The molecule has 0 aromatic carbocycles. The summed E-state index contributed by atoms with van der Waals surface area (Å²) in [6.45, 7) is 6.82. The highest BCUT2D eigenvalue weighted by Crippen LogP contribution is 2.24. The number of hydrogen-bond acceptors (Lipinski definition) is 4. The smallest absolute Gasteiger partial charge is 0.238 e. The van der Waals surface area contributed by atoms with Crippen LogP contribution in [0.15, 0.2) is 16.8 Å². The molecule has 0 aliphatic carbocycles. The second-order valence-corrected chi connectivity index (χ2v) is 6.49. The van der Waals surface area contributed by atoms with Gasteiger partial charge in [-0.3, -0.25) is 10.1 Å². The average Bonchev–Trinajstić information content (AvgIpc) is 3.04. The average molecular weight is 295 g/mol. The number of hydrogen-bond donors (Lipinski definition) is 1. The SMILES string of the molecule is CC(C)N(C)CCCCN1C(=O)CNC1c1ccsc1. The molecule has 0 saturated carbocycles. The largest absolute Gasteiger partial charge is 0.322 e. The van der Waals surface area contributed by atoms with E-state index in [1.807, 2.05) is 4.90 Å². The van der Waals surface area contributed by atoms with Crippen LogP contribution in [-0.4, -0.2) is 48.4 Å². The summed E-state index contributed by atoms with van der Waals surface area (Å²) in [6, 6.07) is 2.68. The summed E-state index contributed by atoms with van der Waals surface area (Å²) in [7, 11) is 2.15. The number of nitrogens with one attached hydrogen (secondary N) is 1. The lowest BCUT2D eigenvalue weighted by Crippen LogP contribution is -2.32. The summed E-state index contributed by atoms with van der Waals surface area (Å²) in [6.07, 6.45) is 2.27. The molecule has 1 amide bonds. The van der Waals surface area contributed by atoms with Gasteiger partial charge in [0.25, 0.3) is 0 Å². The van der Waals surface area contributed by atoms with Crippen molar-refractivity contribution in [2.24, 2.45) is 0 Å². The van der Waals surface area contributed by atoms with Crippen LogP contribution < -0.4 is 5.32 Å². The van der Waals surface area contributed by atoms with Crippen LogP contribution >= 0.6 is 11.3 Å². The Morgan fingerprint density at radius 2 is 2.30 bits per heavy atom. The number of thiophene rings is 1. The Kier molecular flexibility index (Phi) is 5.57. The van der Waals surface area contributed by atoms with E-state index in [1.54, 1.807) is 11.3 Å². The van der Waals surface area contributed by atoms with E-state index in [-0.39, 0.29) is 12.1 Å². The number of amides is 1. The molecule has 0 radical (unpaired) electrons. The normalized spacial score (nSPS) is 19.6. The number of carbonyl (C=O) groups excluding carboxylic acids is 1. The van der Waals surface area contributed by atoms with Crippen molar-refractivity contribution in [3.05, 3.63) is 22.4 Å². The molecule has 2 rings (SSSR count). The molecular weight excluding hydrogens is 270 g/mol. The predicted molar refractivity (Wildman–Crippen MR) is 83.8 cm³/mol. The van der Waals surface area contributed by atoms with Gasteiger partial charge in [0.05, 0.1) is 6.54 Å². The van der Waals surface area contributed by atoms with Crippen molar-refractivity contribution in [3.8, 4) is 0 Å². The van der Waals surface area contributed by atoms with Crippen LogP contribution in [0.1, 0.15) is 38.4 Å². The molecule has 0 bridgehead atoms. The van der Waals surface area contributed by atoms with Gasteiger partial charge in [-0.05, 0) is 62.7 Å². The fourth-order valence-corrected chi connectivity index (χ4v) is 3.10. The highest BCUT2D eigenvalue weighted by atomic mass is 32.1. The van der Waals surface area contributed by atoms with Gasteiger partial charge in [-0.2, -0.15) is 11.3 Å². The number of carbonyl (C=O) groups is 1. The summed E-state index contributed by atoms with van der Waals surface area (Å²) in [5.74, 6) is 0.221. The van der Waals surface area contributed by atoms with Gasteiger partial charge in [-0.25, -0.2) is 0 Å². The molecule has 112 valence electrons. The first-order chi connectivity index (χ1) is 9.59. The van der Waals surface area contributed by atoms with Crippen molar-refractivity contribution in [3.63, 3.8) is 0 Å². The molecule has 4 nitrogen and oxygen atoms in total. The Morgan fingerprint density at radius 3 is 2.95 bits per heavy atom. The Hall–Kier alpha value is -0.910. The van der Waals surface area contributed by atoms with Crippen LogP contribution in [0.3, 0.4) is 0 Å². The lowest BCUT2D eigenvalue weighted by Gasteiger charge is -2.25. The molecule has 1 aromatic rings. The topological polar surface area (TPSA) is 35.6 Å². The van der Waals surface area contributed by atoms with Gasteiger partial charge in [0.2, 0.25) is 5.91 Å². The van der Waals surface area contributed by atoms with Crippen molar-refractivity contribution in [2.75, 3.05) is 26.7 Å². The van der Waals surface area contributed by atoms with E-state index in [1.165, 1.54) is 5.56 Å². The molecule has 1 saturated heterocycles. The van der Waals surface area contributed by atoms with Crippen LogP contribution in [0.2, 0.25) is 0 Å². The fraction of sp³-hybridized carbons (Fsp3) is 0.667. The minimum absolute atomic E-state index is 0.0802. The second-order valence-electron chi connectivity index (χ2n) is 5.71. The molecule has 2 heterocycles. The lowest BCUT2D eigenvalue weighted by atomic mass is 10.2. The van der Waals surface area contributed by atoms with E-state index in [9.17, 15) is 4.79 Å². The van der Waals surface area contributed by atoms with Crippen molar-refractivity contribution in [1.29, 1.82) is 0 Å². The Balaban J connectivity index is 1.80. The zero-order valence-corrected chi connectivity index (χ0v) is 13.4. The molecule has 1 fully saturated rings. The number of unbranched alkanes of at least 4 members (excludes halogenated alkanes) is 1. The molecule has 0 spiro atoms. The van der Waals surface area contributed by atoms with E-state index in [0.29, 0.717) is 12.6 Å². The van der Waals surface area contributed by atoms with Crippen LogP contribution in [0.5, 0.6) is 0 Å². The summed E-state index contributed by atoms with van der Waals surface area (Å²) in [5.41, 5.74) is 1.21. The van der Waals surface area contributed by atoms with Gasteiger partial charge in [0.1, 0.15) is 6.17 Å². The molecule has 1 aliphatic heterocycles. The van der Waals surface area contributed by atoms with Gasteiger partial charge >= 0.3 is 0 Å². The maximum atomic E-state index is 12.0. The van der Waals surface area contributed by atoms with Crippen molar-refractivity contribution >= 4 is 17.2 Å².